The number of hydrogen-bond acceptors (Lipinski definition) is 4. The Balaban J connectivity index is 0.00000156. The van der Waals surface area contributed by atoms with Crippen molar-refractivity contribution in [3.8, 4) is 11.4 Å². The number of aromatic nitrogens is 2. The molecule has 2 atom stereocenters. The Morgan fingerprint density at radius 1 is 1.17 bits per heavy atom. The lowest BCUT2D eigenvalue weighted by atomic mass is 10.0. The van der Waals surface area contributed by atoms with E-state index in [2.05, 4.69) is 27.4 Å². The van der Waals surface area contributed by atoms with Crippen LogP contribution in [-0.2, 0) is 6.54 Å². The van der Waals surface area contributed by atoms with E-state index in [1.165, 1.54) is 31.9 Å². The van der Waals surface area contributed by atoms with Gasteiger partial charge in [0.25, 0.3) is 0 Å². The second-order valence-electron chi connectivity index (χ2n) is 6.28. The first-order valence-corrected chi connectivity index (χ1v) is 7.94. The number of halogens is 1. The summed E-state index contributed by atoms with van der Waals surface area (Å²) in [7, 11) is 1.71. The van der Waals surface area contributed by atoms with Crippen molar-refractivity contribution >= 4 is 12.4 Å². The van der Waals surface area contributed by atoms with Gasteiger partial charge in [0.2, 0.25) is 0 Å². The zero-order chi connectivity index (χ0) is 14.9. The van der Waals surface area contributed by atoms with E-state index in [0.29, 0.717) is 0 Å². The van der Waals surface area contributed by atoms with Crippen LogP contribution in [0.25, 0.3) is 5.69 Å². The molecule has 2 saturated heterocycles. The second kappa shape index (κ2) is 6.91. The van der Waals surface area contributed by atoms with Gasteiger partial charge in [-0.05, 0) is 43.1 Å². The predicted octanol–water partition coefficient (Wildman–Crippen LogP) is 1.95. The number of methoxy groups -OCH3 is 1. The molecule has 23 heavy (non-hydrogen) atoms. The normalized spacial score (nSPS) is 23.5. The van der Waals surface area contributed by atoms with Gasteiger partial charge in [0.15, 0.2) is 0 Å². The number of rotatable bonds is 4. The van der Waals surface area contributed by atoms with Crippen molar-refractivity contribution in [2.75, 3.05) is 33.3 Å². The van der Waals surface area contributed by atoms with Crippen LogP contribution >= 0.6 is 12.4 Å². The van der Waals surface area contributed by atoms with Crippen LogP contribution in [0, 0.1) is 11.8 Å². The van der Waals surface area contributed by atoms with Crippen LogP contribution in [0.3, 0.4) is 0 Å². The van der Waals surface area contributed by atoms with Crippen molar-refractivity contribution in [2.45, 2.75) is 6.54 Å². The summed E-state index contributed by atoms with van der Waals surface area (Å²) in [6.07, 6.45) is 1.88. The van der Waals surface area contributed by atoms with Crippen molar-refractivity contribution in [3.05, 3.63) is 42.2 Å². The fourth-order valence-corrected chi connectivity index (χ4v) is 3.78. The maximum absolute atomic E-state index is 5.47. The summed E-state index contributed by atoms with van der Waals surface area (Å²) < 4.78 is 7.48. The zero-order valence-corrected chi connectivity index (χ0v) is 14.1. The fourth-order valence-electron chi connectivity index (χ4n) is 3.78. The van der Waals surface area contributed by atoms with Crippen molar-refractivity contribution in [2.24, 2.45) is 11.8 Å². The van der Waals surface area contributed by atoms with Gasteiger partial charge in [-0.15, -0.1) is 12.4 Å². The summed E-state index contributed by atoms with van der Waals surface area (Å²) in [5.41, 5.74) is 2.23. The number of hydrogen-bond donors (Lipinski definition) is 1. The number of nitrogens with one attached hydrogen (secondary N) is 1. The maximum atomic E-state index is 5.47. The number of benzene rings is 1. The average molecular weight is 335 g/mol. The molecule has 0 amide bonds. The third-order valence-corrected chi connectivity index (χ3v) is 4.89. The Labute approximate surface area is 143 Å². The molecule has 0 aliphatic carbocycles. The summed E-state index contributed by atoms with van der Waals surface area (Å²) in [6.45, 7) is 5.68. The summed E-state index contributed by atoms with van der Waals surface area (Å²) in [4.78, 5) is 2.55. The average Bonchev–Trinajstić information content (AvgIpc) is 3.23. The summed E-state index contributed by atoms with van der Waals surface area (Å²) in [5.74, 6) is 2.50. The minimum absolute atomic E-state index is 0. The van der Waals surface area contributed by atoms with Crippen molar-refractivity contribution in [1.82, 2.24) is 20.0 Å². The van der Waals surface area contributed by atoms with Crippen LogP contribution in [0.15, 0.2) is 36.5 Å². The fraction of sp³-hybridized carbons (Fsp3) is 0.471. The first-order chi connectivity index (χ1) is 10.8. The highest BCUT2D eigenvalue weighted by Crippen LogP contribution is 2.28. The first-order valence-electron chi connectivity index (χ1n) is 7.94. The van der Waals surface area contributed by atoms with Gasteiger partial charge in [-0.1, -0.05) is 12.1 Å². The quantitative estimate of drug-likeness (QED) is 0.928. The first kappa shape index (κ1) is 16.3. The molecule has 124 valence electrons. The molecular formula is C17H23ClN4O. The second-order valence-corrected chi connectivity index (χ2v) is 6.28. The molecule has 2 aromatic rings. The van der Waals surface area contributed by atoms with Crippen molar-refractivity contribution in [1.29, 1.82) is 0 Å². The van der Waals surface area contributed by atoms with Crippen molar-refractivity contribution < 1.29 is 4.74 Å². The molecule has 5 nitrogen and oxygen atoms in total. The largest absolute Gasteiger partial charge is 0.494 e. The molecular weight excluding hydrogens is 312 g/mol. The molecule has 3 heterocycles. The third kappa shape index (κ3) is 3.09. The molecule has 1 aromatic heterocycles. The van der Waals surface area contributed by atoms with E-state index in [-0.39, 0.29) is 12.4 Å². The van der Waals surface area contributed by atoms with Gasteiger partial charge in [0, 0.05) is 25.8 Å². The van der Waals surface area contributed by atoms with E-state index < -0.39 is 0 Å². The highest BCUT2D eigenvalue weighted by atomic mass is 35.5. The third-order valence-electron chi connectivity index (χ3n) is 4.89. The van der Waals surface area contributed by atoms with Gasteiger partial charge in [0.05, 0.1) is 12.8 Å². The zero-order valence-electron chi connectivity index (χ0n) is 13.3. The lowest BCUT2D eigenvalue weighted by Gasteiger charge is -2.18. The van der Waals surface area contributed by atoms with Crippen LogP contribution in [0.5, 0.6) is 5.75 Å². The van der Waals surface area contributed by atoms with Crippen LogP contribution in [-0.4, -0.2) is 48.0 Å². The monoisotopic (exact) mass is 334 g/mol. The molecule has 2 aliphatic rings. The van der Waals surface area contributed by atoms with E-state index >= 15 is 0 Å². The van der Waals surface area contributed by atoms with E-state index in [4.69, 9.17) is 4.74 Å². The molecule has 0 spiro atoms. The lowest BCUT2D eigenvalue weighted by Crippen LogP contribution is -2.26. The number of fused-ring (bicyclic) bond motifs is 1. The predicted molar refractivity (Wildman–Crippen MR) is 92.5 cm³/mol. The molecule has 2 aliphatic heterocycles. The Morgan fingerprint density at radius 2 is 1.91 bits per heavy atom. The highest BCUT2D eigenvalue weighted by Gasteiger charge is 2.36. The summed E-state index contributed by atoms with van der Waals surface area (Å²) in [6, 6.07) is 10.2. The Morgan fingerprint density at radius 3 is 2.65 bits per heavy atom. The van der Waals surface area contributed by atoms with E-state index in [1.807, 2.05) is 29.1 Å². The minimum atomic E-state index is 0. The molecule has 2 fully saturated rings. The summed E-state index contributed by atoms with van der Waals surface area (Å²) in [5, 5.41) is 8.00. The van der Waals surface area contributed by atoms with Gasteiger partial charge in [0.1, 0.15) is 11.4 Å². The van der Waals surface area contributed by atoms with Gasteiger partial charge < -0.3 is 10.1 Å². The van der Waals surface area contributed by atoms with Crippen LogP contribution in [0.4, 0.5) is 0 Å². The number of para-hydroxylation sites is 2. The molecule has 4 rings (SSSR count). The van der Waals surface area contributed by atoms with Crippen LogP contribution in [0.1, 0.15) is 5.69 Å². The molecule has 0 unspecified atom stereocenters. The highest BCUT2D eigenvalue weighted by molar-refractivity contribution is 5.85. The Kier molecular flexibility index (Phi) is 4.90. The number of likely N-dealkylation sites (tertiary alicyclic amines) is 1. The van der Waals surface area contributed by atoms with Gasteiger partial charge >= 0.3 is 0 Å². The summed E-state index contributed by atoms with van der Waals surface area (Å²) >= 11 is 0. The Hall–Kier alpha value is -1.56. The van der Waals surface area contributed by atoms with Crippen LogP contribution < -0.4 is 10.1 Å². The number of nitrogens with zero attached hydrogens (tertiary/aromatic N) is 3. The van der Waals surface area contributed by atoms with Crippen LogP contribution in [0.2, 0.25) is 0 Å². The van der Waals surface area contributed by atoms with E-state index in [0.717, 1.165) is 29.8 Å². The standard InChI is InChI=1S/C17H22N4O.ClH/c1-22-17-5-3-2-4-16(17)21-15(6-7-19-21)12-20-10-13-8-18-9-14(13)11-20;/h2-7,13-14,18H,8-12H2,1H3;1H/t13-,14+;. The molecule has 1 aromatic carbocycles. The van der Waals surface area contributed by atoms with Gasteiger partial charge in [-0.25, -0.2) is 4.68 Å². The lowest BCUT2D eigenvalue weighted by molar-refractivity contribution is 0.299. The smallest absolute Gasteiger partial charge is 0.144 e. The molecule has 0 saturated carbocycles. The van der Waals surface area contributed by atoms with Gasteiger partial charge in [-0.2, -0.15) is 5.10 Å². The molecule has 0 bridgehead atoms. The van der Waals surface area contributed by atoms with E-state index in [1.54, 1.807) is 7.11 Å². The molecule has 0 radical (unpaired) electrons. The number of ether oxygens (including phenoxy) is 1. The topological polar surface area (TPSA) is 42.3 Å². The SMILES string of the molecule is COc1ccccc1-n1nccc1CN1C[C@H]2CNC[C@H]2C1.Cl. The minimum Gasteiger partial charge on any atom is -0.494 e. The molecule has 6 heteroatoms. The maximum Gasteiger partial charge on any atom is 0.144 e. The van der Waals surface area contributed by atoms with Gasteiger partial charge in [-0.3, -0.25) is 4.90 Å². The molecule has 1 N–H and O–H groups in total. The van der Waals surface area contributed by atoms with Crippen molar-refractivity contribution in [3.63, 3.8) is 0 Å². The Bertz CT molecular complexity index is 648. The van der Waals surface area contributed by atoms with E-state index in [9.17, 15) is 0 Å².